The topological polar surface area (TPSA) is 43.8 Å². The molecule has 0 aliphatic carbocycles. The number of nitrogens with zero attached hydrogens (tertiary/aromatic N) is 2. The zero-order chi connectivity index (χ0) is 18.0. The third kappa shape index (κ3) is 3.56. The van der Waals surface area contributed by atoms with E-state index in [1.165, 1.54) is 6.07 Å². The minimum absolute atomic E-state index is 0.0330. The van der Waals surface area contributed by atoms with Crippen molar-refractivity contribution in [2.45, 2.75) is 13.0 Å². The van der Waals surface area contributed by atoms with Crippen LogP contribution in [0.5, 0.6) is 0 Å². The second kappa shape index (κ2) is 7.06. The van der Waals surface area contributed by atoms with Crippen molar-refractivity contribution in [3.8, 4) is 0 Å². The van der Waals surface area contributed by atoms with Crippen LogP contribution >= 0.6 is 12.2 Å². The van der Waals surface area contributed by atoms with Gasteiger partial charge in [0, 0.05) is 30.9 Å². The summed E-state index contributed by atoms with van der Waals surface area (Å²) in [6.45, 7) is 0.425. The van der Waals surface area contributed by atoms with Crippen molar-refractivity contribution < 1.29 is 13.2 Å². The molecule has 0 bridgehead atoms. The van der Waals surface area contributed by atoms with E-state index >= 15 is 0 Å². The van der Waals surface area contributed by atoms with Gasteiger partial charge < -0.3 is 10.3 Å². The van der Waals surface area contributed by atoms with Crippen molar-refractivity contribution in [3.63, 3.8) is 0 Å². The first-order chi connectivity index (χ1) is 12.0. The van der Waals surface area contributed by atoms with Crippen LogP contribution in [-0.2, 0) is 13.0 Å². The van der Waals surface area contributed by atoms with Crippen molar-refractivity contribution in [3.05, 3.63) is 88.8 Å². The van der Waals surface area contributed by atoms with E-state index in [0.29, 0.717) is 12.4 Å². The van der Waals surface area contributed by atoms with Gasteiger partial charge in [-0.2, -0.15) is 0 Å². The number of nitrogens with two attached hydrogens (primary N) is 1. The Balaban J connectivity index is 1.90. The zero-order valence-electron chi connectivity index (χ0n) is 13.0. The van der Waals surface area contributed by atoms with E-state index < -0.39 is 17.5 Å². The molecule has 0 saturated heterocycles. The zero-order valence-corrected chi connectivity index (χ0v) is 13.9. The highest BCUT2D eigenvalue weighted by Gasteiger charge is 2.16. The lowest BCUT2D eigenvalue weighted by molar-refractivity contribution is 0.441. The average Bonchev–Trinajstić information content (AvgIpc) is 3.02. The molecule has 0 unspecified atom stereocenters. The molecule has 0 aliphatic heterocycles. The summed E-state index contributed by atoms with van der Waals surface area (Å²) in [6, 6.07) is 9.53. The molecule has 2 aromatic carbocycles. The third-order valence-corrected chi connectivity index (χ3v) is 4.11. The fraction of sp³-hybridized carbons (Fsp3) is 0.111. The molecule has 3 rings (SSSR count). The molecule has 1 aromatic heterocycles. The molecule has 2 N–H and O–H groups in total. The van der Waals surface area contributed by atoms with E-state index in [0.717, 1.165) is 17.2 Å². The smallest absolute Gasteiger partial charge is 0.194 e. The molecule has 0 saturated carbocycles. The Bertz CT molecular complexity index is 937. The first-order valence-electron chi connectivity index (χ1n) is 7.47. The van der Waals surface area contributed by atoms with Gasteiger partial charge in [-0.3, -0.25) is 0 Å². The standard InChI is InChI=1S/C18H14F3N3S/c19-14-6-5-11(16(20)17(14)21)9-15-23-7-8-24(15)10-12-3-1-2-4-13(12)18(22)25/h1-8H,9-10H2,(H2,22,25). The quantitative estimate of drug-likeness (QED) is 0.558. The Morgan fingerprint density at radius 3 is 2.56 bits per heavy atom. The van der Waals surface area contributed by atoms with Crippen LogP contribution in [0.25, 0.3) is 0 Å². The summed E-state index contributed by atoms with van der Waals surface area (Å²) in [4.78, 5) is 4.47. The molecule has 25 heavy (non-hydrogen) atoms. The van der Waals surface area contributed by atoms with Gasteiger partial charge in [-0.05, 0) is 17.2 Å². The van der Waals surface area contributed by atoms with Crippen LogP contribution in [0.15, 0.2) is 48.8 Å². The van der Waals surface area contributed by atoms with Crippen molar-refractivity contribution in [1.82, 2.24) is 9.55 Å². The van der Waals surface area contributed by atoms with Crippen LogP contribution in [0.4, 0.5) is 13.2 Å². The van der Waals surface area contributed by atoms with Crippen LogP contribution in [0, 0.1) is 17.5 Å². The molecule has 7 heteroatoms. The fourth-order valence-electron chi connectivity index (χ4n) is 2.61. The molecule has 0 spiro atoms. The molecule has 1 heterocycles. The molecule has 0 radical (unpaired) electrons. The summed E-state index contributed by atoms with van der Waals surface area (Å²) in [5.41, 5.74) is 7.41. The molecule has 0 aliphatic rings. The van der Waals surface area contributed by atoms with Gasteiger partial charge in [0.05, 0.1) is 0 Å². The van der Waals surface area contributed by atoms with E-state index in [1.807, 2.05) is 24.3 Å². The second-order valence-corrected chi connectivity index (χ2v) is 5.94. The third-order valence-electron chi connectivity index (χ3n) is 3.89. The average molecular weight is 361 g/mol. The molecule has 3 nitrogen and oxygen atoms in total. The van der Waals surface area contributed by atoms with Gasteiger partial charge >= 0.3 is 0 Å². The Labute approximate surface area is 147 Å². The lowest BCUT2D eigenvalue weighted by atomic mass is 10.1. The minimum atomic E-state index is -1.48. The van der Waals surface area contributed by atoms with Crippen LogP contribution in [0.1, 0.15) is 22.5 Å². The van der Waals surface area contributed by atoms with Crippen molar-refractivity contribution >= 4 is 17.2 Å². The van der Waals surface area contributed by atoms with E-state index in [9.17, 15) is 13.2 Å². The van der Waals surface area contributed by atoms with Gasteiger partial charge in [0.15, 0.2) is 17.5 Å². The molecular formula is C18H14F3N3S. The highest BCUT2D eigenvalue weighted by molar-refractivity contribution is 7.80. The first-order valence-corrected chi connectivity index (χ1v) is 7.88. The lowest BCUT2D eigenvalue weighted by Gasteiger charge is -2.12. The predicted octanol–water partition coefficient (Wildman–Crippen LogP) is 3.57. The van der Waals surface area contributed by atoms with Crippen molar-refractivity contribution in [2.75, 3.05) is 0 Å². The van der Waals surface area contributed by atoms with Crippen LogP contribution < -0.4 is 5.73 Å². The summed E-state index contributed by atoms with van der Waals surface area (Å²) in [5.74, 6) is -3.37. The maximum absolute atomic E-state index is 13.9. The maximum atomic E-state index is 13.9. The molecule has 0 fully saturated rings. The molecule has 0 atom stereocenters. The Morgan fingerprint density at radius 2 is 1.80 bits per heavy atom. The summed E-state index contributed by atoms with van der Waals surface area (Å²) in [6.07, 6.45) is 3.32. The Morgan fingerprint density at radius 1 is 1.04 bits per heavy atom. The molecular weight excluding hydrogens is 347 g/mol. The highest BCUT2D eigenvalue weighted by Crippen LogP contribution is 2.19. The fourth-order valence-corrected chi connectivity index (χ4v) is 2.81. The summed E-state index contributed by atoms with van der Waals surface area (Å²) in [7, 11) is 0. The molecule has 128 valence electrons. The number of hydrogen-bond acceptors (Lipinski definition) is 2. The van der Waals surface area contributed by atoms with Gasteiger partial charge in [-0.15, -0.1) is 0 Å². The largest absolute Gasteiger partial charge is 0.389 e. The number of thiocarbonyl (C=S) groups is 1. The van der Waals surface area contributed by atoms with E-state index in [4.69, 9.17) is 18.0 Å². The number of hydrogen-bond donors (Lipinski definition) is 1. The van der Waals surface area contributed by atoms with Gasteiger partial charge in [-0.1, -0.05) is 42.5 Å². The van der Waals surface area contributed by atoms with E-state index in [2.05, 4.69) is 4.98 Å². The van der Waals surface area contributed by atoms with Crippen LogP contribution in [-0.4, -0.2) is 14.5 Å². The van der Waals surface area contributed by atoms with E-state index in [1.54, 1.807) is 17.0 Å². The maximum Gasteiger partial charge on any atom is 0.194 e. The monoisotopic (exact) mass is 361 g/mol. The minimum Gasteiger partial charge on any atom is -0.389 e. The lowest BCUT2D eigenvalue weighted by Crippen LogP contribution is -2.15. The Hall–Kier alpha value is -2.67. The number of halogens is 3. The predicted molar refractivity (Wildman–Crippen MR) is 92.8 cm³/mol. The number of imidazole rings is 1. The number of benzene rings is 2. The number of rotatable bonds is 5. The molecule has 0 amide bonds. The van der Waals surface area contributed by atoms with Gasteiger partial charge in [0.25, 0.3) is 0 Å². The summed E-state index contributed by atoms with van der Waals surface area (Å²) >= 11 is 5.05. The van der Waals surface area contributed by atoms with Gasteiger partial charge in [0.1, 0.15) is 10.8 Å². The summed E-state index contributed by atoms with van der Waals surface area (Å²) in [5, 5.41) is 0. The molecule has 3 aromatic rings. The van der Waals surface area contributed by atoms with Gasteiger partial charge in [-0.25, -0.2) is 18.2 Å². The normalized spacial score (nSPS) is 10.8. The second-order valence-electron chi connectivity index (χ2n) is 5.50. The van der Waals surface area contributed by atoms with Crippen LogP contribution in [0.2, 0.25) is 0 Å². The first kappa shape index (κ1) is 17.2. The van der Waals surface area contributed by atoms with Crippen LogP contribution in [0.3, 0.4) is 0 Å². The van der Waals surface area contributed by atoms with Crippen molar-refractivity contribution in [2.24, 2.45) is 5.73 Å². The summed E-state index contributed by atoms with van der Waals surface area (Å²) < 4.78 is 42.2. The highest BCUT2D eigenvalue weighted by atomic mass is 32.1. The Kier molecular flexibility index (Phi) is 4.85. The van der Waals surface area contributed by atoms with Gasteiger partial charge in [0.2, 0.25) is 0 Å². The van der Waals surface area contributed by atoms with E-state index in [-0.39, 0.29) is 17.0 Å². The van der Waals surface area contributed by atoms with Crippen molar-refractivity contribution in [1.29, 1.82) is 0 Å². The SMILES string of the molecule is NC(=S)c1ccccc1Cn1ccnc1Cc1ccc(F)c(F)c1F. The number of aromatic nitrogens is 2.